The molecule has 2 aromatic carbocycles. The first kappa shape index (κ1) is 22.6. The molecular weight excluding hydrogens is 437 g/mol. The summed E-state index contributed by atoms with van der Waals surface area (Å²) in [6, 6.07) is 10.4. The van der Waals surface area contributed by atoms with Crippen LogP contribution in [0.3, 0.4) is 0 Å². The van der Waals surface area contributed by atoms with Crippen molar-refractivity contribution in [3.05, 3.63) is 45.9 Å². The number of hydrogen-bond acceptors (Lipinski definition) is 6. The number of benzene rings is 2. The Bertz CT molecular complexity index is 761. The first-order valence-corrected chi connectivity index (χ1v) is 10.4. The topological polar surface area (TPSA) is 54.9 Å². The number of anilines is 2. The van der Waals surface area contributed by atoms with Crippen molar-refractivity contribution in [1.29, 1.82) is 0 Å². The summed E-state index contributed by atoms with van der Waals surface area (Å²) in [5.41, 5.74) is 5.07. The summed E-state index contributed by atoms with van der Waals surface area (Å²) in [7, 11) is 7.76. The molecule has 0 fully saturated rings. The quantitative estimate of drug-likeness (QED) is 0.431. The van der Waals surface area contributed by atoms with Gasteiger partial charge in [0, 0.05) is 17.6 Å². The van der Waals surface area contributed by atoms with E-state index in [1.165, 1.54) is 36.1 Å². The summed E-state index contributed by atoms with van der Waals surface area (Å²) in [5.74, 6) is 1.90. The number of aryl methyl sites for hydroxylation is 2. The molecule has 28 heavy (non-hydrogen) atoms. The van der Waals surface area contributed by atoms with Gasteiger partial charge >= 0.3 is 24.8 Å². The molecule has 2 aliphatic rings. The molecule has 4 rings (SSSR count). The third-order valence-corrected chi connectivity index (χ3v) is 5.01. The van der Waals surface area contributed by atoms with E-state index in [2.05, 4.69) is 63.5 Å². The predicted molar refractivity (Wildman–Crippen MR) is 124 cm³/mol. The normalized spacial score (nSPS) is 13.5. The van der Waals surface area contributed by atoms with Crippen LogP contribution in [0, 0.1) is 0 Å². The van der Waals surface area contributed by atoms with E-state index in [9.17, 15) is 0 Å². The van der Waals surface area contributed by atoms with Crippen LogP contribution in [0.1, 0.15) is 24.0 Å². The molecule has 0 unspecified atom stereocenters. The van der Waals surface area contributed by atoms with E-state index >= 15 is 0 Å². The molecule has 0 saturated heterocycles. The van der Waals surface area contributed by atoms with Crippen molar-refractivity contribution in [2.45, 2.75) is 25.7 Å². The fraction of sp³-hybridized carbons (Fsp3) is 0.400. The van der Waals surface area contributed by atoms with E-state index in [0.717, 1.165) is 41.2 Å². The third-order valence-electron chi connectivity index (χ3n) is 4.55. The summed E-state index contributed by atoms with van der Waals surface area (Å²) in [5, 5.41) is 6.72. The monoisotopic (exact) mass is 462 g/mol. The Morgan fingerprint density at radius 2 is 1.54 bits per heavy atom. The van der Waals surface area contributed by atoms with E-state index in [1.807, 2.05) is 18.2 Å². The van der Waals surface area contributed by atoms with Gasteiger partial charge in [0.1, 0.15) is 11.5 Å². The number of nitrogens with one attached hydrogen (secondary N) is 2. The van der Waals surface area contributed by atoms with Crippen molar-refractivity contribution in [3.8, 4) is 11.5 Å². The number of methoxy groups -OCH3 is 2. The second-order valence-electron chi connectivity index (χ2n) is 6.31. The van der Waals surface area contributed by atoms with Crippen molar-refractivity contribution in [1.82, 2.24) is 0 Å². The Kier molecular flexibility index (Phi) is 9.71. The molecule has 149 valence electrons. The van der Waals surface area contributed by atoms with Crippen molar-refractivity contribution in [2.75, 3.05) is 37.9 Å². The van der Waals surface area contributed by atoms with Crippen LogP contribution in [0.15, 0.2) is 39.1 Å². The molecule has 1 radical (unpaired) electrons. The Labute approximate surface area is 182 Å². The van der Waals surface area contributed by atoms with Crippen molar-refractivity contribution >= 4 is 47.8 Å². The Morgan fingerprint density at radius 3 is 2.14 bits per heavy atom. The second-order valence-corrected chi connectivity index (χ2v) is 7.46. The zero-order valence-corrected chi connectivity index (χ0v) is 18.8. The van der Waals surface area contributed by atoms with Crippen LogP contribution >= 0.6 is 28.7 Å². The molecule has 0 aliphatic carbocycles. The first-order valence-electron chi connectivity index (χ1n) is 9.18. The van der Waals surface area contributed by atoms with Crippen LogP contribution in [0.4, 0.5) is 11.4 Å². The van der Waals surface area contributed by atoms with Crippen molar-refractivity contribution < 1.29 is 9.47 Å². The molecule has 5 nitrogen and oxygen atoms in total. The zero-order chi connectivity index (χ0) is 20.4. The Hall–Kier alpha value is -1.67. The van der Waals surface area contributed by atoms with Gasteiger partial charge in [-0.2, -0.15) is 0 Å². The van der Waals surface area contributed by atoms with Crippen LogP contribution in [0.5, 0.6) is 11.5 Å². The minimum atomic E-state index is 0.934. The molecular formula is C20H26BBrN3O2S. The van der Waals surface area contributed by atoms with E-state index in [4.69, 9.17) is 9.47 Å². The molecule has 0 aromatic heterocycles. The first-order chi connectivity index (χ1) is 13.6. The molecule has 0 spiro atoms. The molecule has 0 amide bonds. The number of hydrogen-bond donors (Lipinski definition) is 3. The summed E-state index contributed by atoms with van der Waals surface area (Å²) in [6.07, 6.45) is 4.73. The predicted octanol–water partition coefficient (Wildman–Crippen LogP) is 5.05. The van der Waals surface area contributed by atoms with Crippen molar-refractivity contribution in [3.63, 3.8) is 0 Å². The van der Waals surface area contributed by atoms with E-state index < -0.39 is 0 Å². The zero-order valence-electron chi connectivity index (χ0n) is 16.3. The van der Waals surface area contributed by atoms with Gasteiger partial charge in [0.15, 0.2) is 0 Å². The van der Waals surface area contributed by atoms with Gasteiger partial charge < -0.3 is 20.1 Å². The van der Waals surface area contributed by atoms with E-state index in [0.29, 0.717) is 0 Å². The number of ether oxygens (including phenoxy) is 2. The molecule has 2 aromatic rings. The SMILES string of the molecule is COc1cc(Br)cc2c1NCCC2.COc1cccc2c1NCCC2.[B]=NS. The number of nitrogens with zero attached hydrogens (tertiary/aromatic N) is 1. The molecule has 8 heteroatoms. The number of rotatable bonds is 2. The molecule has 0 bridgehead atoms. The van der Waals surface area contributed by atoms with Gasteiger partial charge in [-0.1, -0.05) is 28.1 Å². The maximum atomic E-state index is 5.30. The number of para-hydroxylation sites is 1. The van der Waals surface area contributed by atoms with Crippen LogP contribution in [-0.4, -0.2) is 34.9 Å². The third kappa shape index (κ3) is 6.17. The van der Waals surface area contributed by atoms with Gasteiger partial charge in [-0.25, -0.2) is 0 Å². The Balaban J connectivity index is 0.000000176. The standard InChI is InChI=1S/C10H12BrNO.C10H13NO.BHNS/c1-13-9-6-8(11)5-7-3-2-4-12-10(7)9;1-12-9-6-2-4-8-5-3-7-11-10(8)9;1-2-3/h5-6,12H,2-4H2,1H3;2,4,6,11H,3,5,7H2,1H3;3H. The summed E-state index contributed by atoms with van der Waals surface area (Å²) in [6.45, 7) is 2.11. The van der Waals surface area contributed by atoms with Gasteiger partial charge in [-0.05, 0) is 55.0 Å². The fourth-order valence-corrected chi connectivity index (χ4v) is 3.82. The summed E-state index contributed by atoms with van der Waals surface area (Å²) in [4.78, 5) is 0. The molecule has 0 saturated carbocycles. The minimum absolute atomic E-state index is 0.934. The van der Waals surface area contributed by atoms with E-state index in [1.54, 1.807) is 14.2 Å². The molecule has 0 atom stereocenters. The second kappa shape index (κ2) is 12.0. The maximum absolute atomic E-state index is 5.30. The average molecular weight is 463 g/mol. The van der Waals surface area contributed by atoms with Crippen LogP contribution in [0.2, 0.25) is 0 Å². The number of halogens is 1. The van der Waals surface area contributed by atoms with Gasteiger partial charge in [0.25, 0.3) is 0 Å². The van der Waals surface area contributed by atoms with E-state index in [-0.39, 0.29) is 0 Å². The molecule has 2 heterocycles. The summed E-state index contributed by atoms with van der Waals surface area (Å²) < 4.78 is 14.3. The molecule has 2 N–H and O–H groups in total. The van der Waals surface area contributed by atoms with Crippen molar-refractivity contribution in [2.24, 2.45) is 4.30 Å². The van der Waals surface area contributed by atoms with Crippen LogP contribution < -0.4 is 20.1 Å². The number of thiol groups is 1. The molecule has 2 aliphatic heterocycles. The summed E-state index contributed by atoms with van der Waals surface area (Å²) >= 11 is 6.67. The van der Waals surface area contributed by atoms with Gasteiger partial charge in [0.05, 0.1) is 25.6 Å². The Morgan fingerprint density at radius 1 is 0.964 bits per heavy atom. The average Bonchev–Trinajstić information content (AvgIpc) is 2.73. The van der Waals surface area contributed by atoms with Crippen LogP contribution in [-0.2, 0) is 12.8 Å². The van der Waals surface area contributed by atoms with Gasteiger partial charge in [-0.3, -0.25) is 0 Å². The van der Waals surface area contributed by atoms with Crippen LogP contribution in [0.25, 0.3) is 0 Å². The fourth-order valence-electron chi connectivity index (χ4n) is 3.33. The van der Waals surface area contributed by atoms with Gasteiger partial charge in [-0.15, -0.1) is 0 Å². The number of fused-ring (bicyclic) bond motifs is 2. The van der Waals surface area contributed by atoms with Gasteiger partial charge in [0.2, 0.25) is 0 Å².